The highest BCUT2D eigenvalue weighted by Gasteiger charge is 2.04. The van der Waals surface area contributed by atoms with Gasteiger partial charge in [0.1, 0.15) is 4.60 Å². The molecule has 0 bridgehead atoms. The molecule has 0 aliphatic rings. The lowest BCUT2D eigenvalue weighted by molar-refractivity contribution is 0.108. The summed E-state index contributed by atoms with van der Waals surface area (Å²) < 4.78 is 0.501. The zero-order valence-corrected chi connectivity index (χ0v) is 8.24. The zero-order chi connectivity index (χ0) is 8.43. The standard InChI is InChI=1S/C6H2BrCl2NO/c7-5-4(8)1-3(2-10-5)6(9)11/h1-2H. The van der Waals surface area contributed by atoms with Crippen LogP contribution in [0.2, 0.25) is 5.02 Å². The normalized spacial score (nSPS) is 9.73. The Labute approximate surface area is 81.7 Å². The van der Waals surface area contributed by atoms with Gasteiger partial charge in [-0.15, -0.1) is 0 Å². The maximum atomic E-state index is 10.6. The summed E-state index contributed by atoms with van der Waals surface area (Å²) >= 11 is 13.9. The van der Waals surface area contributed by atoms with Crippen molar-refractivity contribution in [3.63, 3.8) is 0 Å². The number of halogens is 3. The van der Waals surface area contributed by atoms with Crippen molar-refractivity contribution < 1.29 is 4.79 Å². The van der Waals surface area contributed by atoms with E-state index in [1.54, 1.807) is 0 Å². The molecule has 0 aromatic carbocycles. The first-order valence-corrected chi connectivity index (χ1v) is 4.17. The molecule has 0 saturated carbocycles. The Kier molecular flexibility index (Phi) is 2.87. The first-order valence-electron chi connectivity index (χ1n) is 2.62. The fourth-order valence-corrected chi connectivity index (χ4v) is 1.02. The molecule has 0 saturated heterocycles. The zero-order valence-electron chi connectivity index (χ0n) is 5.14. The van der Waals surface area contributed by atoms with Crippen molar-refractivity contribution in [2.45, 2.75) is 0 Å². The van der Waals surface area contributed by atoms with Crippen LogP contribution in [0.3, 0.4) is 0 Å². The first-order chi connectivity index (χ1) is 5.11. The number of pyridine rings is 1. The van der Waals surface area contributed by atoms with Gasteiger partial charge in [-0.05, 0) is 33.6 Å². The van der Waals surface area contributed by atoms with Gasteiger partial charge in [-0.25, -0.2) is 4.98 Å². The topological polar surface area (TPSA) is 30.0 Å². The Balaban J connectivity index is 3.15. The lowest BCUT2D eigenvalue weighted by Gasteiger charge is -1.95. The van der Waals surface area contributed by atoms with Crippen LogP contribution in [0.25, 0.3) is 0 Å². The minimum atomic E-state index is -0.563. The maximum Gasteiger partial charge on any atom is 0.253 e. The van der Waals surface area contributed by atoms with Crippen molar-refractivity contribution in [3.8, 4) is 0 Å². The first kappa shape index (κ1) is 8.97. The lowest BCUT2D eigenvalue weighted by Crippen LogP contribution is -1.90. The Morgan fingerprint density at radius 2 is 2.27 bits per heavy atom. The van der Waals surface area contributed by atoms with Gasteiger partial charge in [0.2, 0.25) is 0 Å². The largest absolute Gasteiger partial charge is 0.276 e. The third-order valence-electron chi connectivity index (χ3n) is 1.02. The number of hydrogen-bond donors (Lipinski definition) is 0. The van der Waals surface area contributed by atoms with Gasteiger partial charge < -0.3 is 0 Å². The van der Waals surface area contributed by atoms with Crippen LogP contribution in [0.15, 0.2) is 16.9 Å². The van der Waals surface area contributed by atoms with Crippen LogP contribution in [0.5, 0.6) is 0 Å². The van der Waals surface area contributed by atoms with E-state index in [0.717, 1.165) is 0 Å². The second-order valence-electron chi connectivity index (χ2n) is 1.77. The van der Waals surface area contributed by atoms with Gasteiger partial charge in [0.25, 0.3) is 5.24 Å². The van der Waals surface area contributed by atoms with Crippen molar-refractivity contribution in [3.05, 3.63) is 27.5 Å². The molecule has 0 atom stereocenters. The Hall–Kier alpha value is -0.120. The maximum absolute atomic E-state index is 10.6. The summed E-state index contributed by atoms with van der Waals surface area (Å²) in [6.45, 7) is 0. The molecule has 0 fully saturated rings. The molecular formula is C6H2BrCl2NO. The molecule has 0 spiro atoms. The predicted octanol–water partition coefficient (Wildman–Crippen LogP) is 2.88. The van der Waals surface area contributed by atoms with Gasteiger partial charge in [0.15, 0.2) is 0 Å². The number of carbonyl (C=O) groups is 1. The second-order valence-corrected chi connectivity index (χ2v) is 3.27. The highest BCUT2D eigenvalue weighted by atomic mass is 79.9. The molecule has 0 amide bonds. The van der Waals surface area contributed by atoms with E-state index in [4.69, 9.17) is 23.2 Å². The number of aromatic nitrogens is 1. The van der Waals surface area contributed by atoms with Crippen LogP contribution in [0, 0.1) is 0 Å². The quantitative estimate of drug-likeness (QED) is 0.570. The Morgan fingerprint density at radius 3 is 2.73 bits per heavy atom. The van der Waals surface area contributed by atoms with Crippen molar-refractivity contribution in [1.82, 2.24) is 4.98 Å². The molecule has 0 radical (unpaired) electrons. The van der Waals surface area contributed by atoms with E-state index in [1.165, 1.54) is 12.3 Å². The summed E-state index contributed by atoms with van der Waals surface area (Å²) in [6.07, 6.45) is 1.35. The summed E-state index contributed by atoms with van der Waals surface area (Å²) in [4.78, 5) is 14.3. The van der Waals surface area contributed by atoms with Crippen molar-refractivity contribution in [1.29, 1.82) is 0 Å². The summed E-state index contributed by atoms with van der Waals surface area (Å²) in [5.41, 5.74) is 0.292. The minimum absolute atomic E-state index is 0.292. The van der Waals surface area contributed by atoms with E-state index in [-0.39, 0.29) is 0 Å². The number of rotatable bonds is 1. The van der Waals surface area contributed by atoms with Crippen LogP contribution in [0.4, 0.5) is 0 Å². The van der Waals surface area contributed by atoms with E-state index < -0.39 is 5.24 Å². The summed E-state index contributed by atoms with van der Waals surface area (Å²) in [5, 5.41) is -0.191. The molecule has 11 heavy (non-hydrogen) atoms. The van der Waals surface area contributed by atoms with Crippen molar-refractivity contribution in [2.75, 3.05) is 0 Å². The van der Waals surface area contributed by atoms with Gasteiger partial charge in [0.05, 0.1) is 10.6 Å². The number of carbonyl (C=O) groups excluding carboxylic acids is 1. The molecule has 58 valence electrons. The summed E-state index contributed by atoms with van der Waals surface area (Å²) in [7, 11) is 0. The van der Waals surface area contributed by atoms with E-state index in [2.05, 4.69) is 20.9 Å². The molecular weight excluding hydrogens is 253 g/mol. The fourth-order valence-electron chi connectivity index (χ4n) is 0.529. The molecule has 2 nitrogen and oxygen atoms in total. The lowest BCUT2D eigenvalue weighted by atomic mass is 10.3. The van der Waals surface area contributed by atoms with Crippen molar-refractivity contribution >= 4 is 44.4 Å². The van der Waals surface area contributed by atoms with Crippen LogP contribution in [-0.4, -0.2) is 10.2 Å². The van der Waals surface area contributed by atoms with E-state index in [0.29, 0.717) is 15.2 Å². The average molecular weight is 255 g/mol. The fraction of sp³-hybridized carbons (Fsp3) is 0. The molecule has 1 rings (SSSR count). The molecule has 1 aromatic rings. The van der Waals surface area contributed by atoms with Gasteiger partial charge in [0, 0.05) is 6.20 Å². The van der Waals surface area contributed by atoms with Crippen LogP contribution in [0.1, 0.15) is 10.4 Å². The van der Waals surface area contributed by atoms with Crippen LogP contribution in [-0.2, 0) is 0 Å². The highest BCUT2D eigenvalue weighted by molar-refractivity contribution is 9.10. The minimum Gasteiger partial charge on any atom is -0.276 e. The summed E-state index contributed by atoms with van der Waals surface area (Å²) in [6, 6.07) is 1.45. The van der Waals surface area contributed by atoms with E-state index >= 15 is 0 Å². The monoisotopic (exact) mass is 253 g/mol. The molecule has 1 heterocycles. The van der Waals surface area contributed by atoms with Crippen molar-refractivity contribution in [2.24, 2.45) is 0 Å². The van der Waals surface area contributed by atoms with Crippen LogP contribution >= 0.6 is 39.1 Å². The van der Waals surface area contributed by atoms with E-state index in [1.807, 2.05) is 0 Å². The van der Waals surface area contributed by atoms with E-state index in [9.17, 15) is 4.79 Å². The smallest absolute Gasteiger partial charge is 0.253 e. The highest BCUT2D eigenvalue weighted by Crippen LogP contribution is 2.20. The Bertz CT molecular complexity index is 303. The molecule has 5 heteroatoms. The van der Waals surface area contributed by atoms with Crippen LogP contribution < -0.4 is 0 Å². The van der Waals surface area contributed by atoms with Gasteiger partial charge in [-0.3, -0.25) is 4.79 Å². The Morgan fingerprint density at radius 1 is 1.64 bits per heavy atom. The number of nitrogens with zero attached hydrogens (tertiary/aromatic N) is 1. The third-order valence-corrected chi connectivity index (χ3v) is 2.39. The molecule has 0 N–H and O–H groups in total. The van der Waals surface area contributed by atoms with Gasteiger partial charge in [-0.2, -0.15) is 0 Å². The third kappa shape index (κ3) is 2.15. The number of hydrogen-bond acceptors (Lipinski definition) is 2. The SMILES string of the molecule is O=C(Cl)c1cnc(Br)c(Cl)c1. The van der Waals surface area contributed by atoms with Gasteiger partial charge in [-0.1, -0.05) is 11.6 Å². The molecule has 0 aliphatic carbocycles. The van der Waals surface area contributed by atoms with Gasteiger partial charge >= 0.3 is 0 Å². The average Bonchev–Trinajstić information content (AvgIpc) is 1.94. The predicted molar refractivity (Wildman–Crippen MR) is 47.1 cm³/mol. The molecule has 1 aromatic heterocycles. The molecule has 0 unspecified atom stereocenters. The molecule has 0 aliphatic heterocycles. The summed E-state index contributed by atoms with van der Waals surface area (Å²) in [5.74, 6) is 0. The second kappa shape index (κ2) is 3.52.